The third-order valence-corrected chi connectivity index (χ3v) is 3.89. The van der Waals surface area contributed by atoms with Crippen molar-refractivity contribution in [2.24, 2.45) is 0 Å². The Morgan fingerprint density at radius 2 is 2.06 bits per heavy atom. The maximum atomic E-state index is 13.2. The Kier molecular flexibility index (Phi) is 3.01. The highest BCUT2D eigenvalue weighted by molar-refractivity contribution is 9.10. The second-order valence-electron chi connectivity index (χ2n) is 4.91. The predicted octanol–water partition coefficient (Wildman–Crippen LogP) is 2.76. The van der Waals surface area contributed by atoms with Crippen molar-refractivity contribution in [1.29, 1.82) is 0 Å². The van der Waals surface area contributed by atoms with Crippen molar-refractivity contribution in [3.05, 3.63) is 28.5 Å². The van der Waals surface area contributed by atoms with Gasteiger partial charge in [0.2, 0.25) is 5.91 Å². The second kappa shape index (κ2) is 4.53. The molecule has 5 heteroatoms. The van der Waals surface area contributed by atoms with Gasteiger partial charge in [0.15, 0.2) is 0 Å². The molecule has 0 aromatic heterocycles. The molecule has 1 aliphatic heterocycles. The lowest BCUT2D eigenvalue weighted by Gasteiger charge is -2.17. The number of carbonyl (C=O) groups excluding carboxylic acids is 1. The first-order valence-electron chi connectivity index (χ1n) is 6.16. The van der Waals surface area contributed by atoms with Gasteiger partial charge in [0.25, 0.3) is 0 Å². The number of hydrogen-bond acceptors (Lipinski definition) is 2. The monoisotopic (exact) mass is 312 g/mol. The van der Waals surface area contributed by atoms with Crippen LogP contribution in [0, 0.1) is 5.82 Å². The highest BCUT2D eigenvalue weighted by atomic mass is 79.9. The van der Waals surface area contributed by atoms with Crippen LogP contribution in [0.1, 0.15) is 19.3 Å². The van der Waals surface area contributed by atoms with E-state index in [-0.39, 0.29) is 17.8 Å². The molecule has 1 N–H and O–H groups in total. The summed E-state index contributed by atoms with van der Waals surface area (Å²) in [7, 11) is 0. The number of halogens is 2. The van der Waals surface area contributed by atoms with E-state index in [9.17, 15) is 9.18 Å². The van der Waals surface area contributed by atoms with E-state index in [1.165, 1.54) is 12.1 Å². The van der Waals surface area contributed by atoms with Crippen LogP contribution in [0.3, 0.4) is 0 Å². The van der Waals surface area contributed by atoms with Gasteiger partial charge in [0.05, 0.1) is 0 Å². The van der Waals surface area contributed by atoms with Crippen LogP contribution in [0.4, 0.5) is 10.1 Å². The van der Waals surface area contributed by atoms with Crippen molar-refractivity contribution >= 4 is 27.5 Å². The molecule has 1 aromatic rings. The Hall–Kier alpha value is -1.10. The van der Waals surface area contributed by atoms with Crippen molar-refractivity contribution in [2.45, 2.75) is 31.3 Å². The second-order valence-corrected chi connectivity index (χ2v) is 5.82. The minimum Gasteiger partial charge on any atom is -0.374 e. The summed E-state index contributed by atoms with van der Waals surface area (Å²) in [5.74, 6) is -0.158. The Morgan fingerprint density at radius 3 is 2.72 bits per heavy atom. The number of benzene rings is 1. The van der Waals surface area contributed by atoms with E-state index in [0.717, 1.165) is 25.8 Å². The van der Waals surface area contributed by atoms with E-state index >= 15 is 0 Å². The van der Waals surface area contributed by atoms with Gasteiger partial charge >= 0.3 is 0 Å². The maximum absolute atomic E-state index is 13.2. The number of likely N-dealkylation sites (tertiary alicyclic amines) is 1. The molecule has 1 atom stereocenters. The molecule has 3 nitrogen and oxygen atoms in total. The van der Waals surface area contributed by atoms with Crippen molar-refractivity contribution < 1.29 is 9.18 Å². The number of rotatable bonds is 3. The van der Waals surface area contributed by atoms with Crippen LogP contribution in [0.25, 0.3) is 0 Å². The summed E-state index contributed by atoms with van der Waals surface area (Å²) < 4.78 is 13.9. The molecule has 18 heavy (non-hydrogen) atoms. The van der Waals surface area contributed by atoms with Gasteiger partial charge in [0.1, 0.15) is 11.9 Å². The maximum Gasteiger partial charge on any atom is 0.245 e. The number of carbonyl (C=O) groups is 1. The van der Waals surface area contributed by atoms with Gasteiger partial charge in [-0.05, 0) is 37.5 Å². The van der Waals surface area contributed by atoms with Crippen molar-refractivity contribution in [1.82, 2.24) is 4.90 Å². The van der Waals surface area contributed by atoms with Gasteiger partial charge < -0.3 is 10.2 Å². The summed E-state index contributed by atoms with van der Waals surface area (Å²) in [5.41, 5.74) is 0.651. The Balaban J connectivity index is 1.71. The third-order valence-electron chi connectivity index (χ3n) is 3.43. The molecule has 1 saturated heterocycles. The molecule has 1 aliphatic carbocycles. The fourth-order valence-corrected chi connectivity index (χ4v) is 2.89. The van der Waals surface area contributed by atoms with E-state index in [1.807, 2.05) is 4.90 Å². The number of anilines is 1. The summed E-state index contributed by atoms with van der Waals surface area (Å²) in [6.45, 7) is 0.817. The average molecular weight is 313 g/mol. The number of nitrogens with zero attached hydrogens (tertiary/aromatic N) is 1. The van der Waals surface area contributed by atoms with Crippen LogP contribution in [0.2, 0.25) is 0 Å². The van der Waals surface area contributed by atoms with Crippen LogP contribution >= 0.6 is 15.9 Å². The molecule has 3 rings (SSSR count). The molecule has 1 saturated carbocycles. The van der Waals surface area contributed by atoms with Crippen LogP contribution in [-0.4, -0.2) is 29.4 Å². The summed E-state index contributed by atoms with van der Waals surface area (Å²) in [4.78, 5) is 14.1. The van der Waals surface area contributed by atoms with Crippen LogP contribution < -0.4 is 5.32 Å². The van der Waals surface area contributed by atoms with E-state index in [4.69, 9.17) is 0 Å². The number of hydrogen-bond donors (Lipinski definition) is 1. The van der Waals surface area contributed by atoms with Crippen LogP contribution in [0.5, 0.6) is 0 Å². The summed E-state index contributed by atoms with van der Waals surface area (Å²) in [5, 5.41) is 3.12. The van der Waals surface area contributed by atoms with Gasteiger partial charge in [-0.25, -0.2) is 4.39 Å². The van der Waals surface area contributed by atoms with Crippen molar-refractivity contribution in [3.63, 3.8) is 0 Å². The normalized spacial score (nSPS) is 23.6. The zero-order chi connectivity index (χ0) is 12.7. The first-order valence-corrected chi connectivity index (χ1v) is 6.96. The van der Waals surface area contributed by atoms with Gasteiger partial charge in [0, 0.05) is 22.7 Å². The average Bonchev–Trinajstić information content (AvgIpc) is 3.05. The molecule has 1 unspecified atom stereocenters. The Morgan fingerprint density at radius 1 is 1.28 bits per heavy atom. The quantitative estimate of drug-likeness (QED) is 0.931. The smallest absolute Gasteiger partial charge is 0.245 e. The van der Waals surface area contributed by atoms with Crippen molar-refractivity contribution in [2.75, 3.05) is 11.9 Å². The Labute approximate surface area is 113 Å². The standard InChI is InChI=1S/C13H14BrFN2O/c14-8-5-9(15)7-10(6-8)16-12-3-4-17(13(12)18)11-1-2-11/h5-7,11-12,16H,1-4H2. The number of nitrogens with one attached hydrogen (secondary N) is 1. The lowest BCUT2D eigenvalue weighted by molar-refractivity contribution is -0.128. The van der Waals surface area contributed by atoms with Gasteiger partial charge in [-0.3, -0.25) is 4.79 Å². The minimum absolute atomic E-state index is 0.151. The lowest BCUT2D eigenvalue weighted by atomic mass is 10.2. The molecular formula is C13H14BrFN2O. The third kappa shape index (κ3) is 2.36. The molecule has 0 spiro atoms. The highest BCUT2D eigenvalue weighted by Gasteiger charge is 2.40. The molecule has 1 aromatic carbocycles. The molecule has 0 radical (unpaired) electrons. The molecule has 1 heterocycles. The Bertz CT molecular complexity index is 470. The molecule has 96 valence electrons. The fourth-order valence-electron chi connectivity index (χ4n) is 2.42. The van der Waals surface area contributed by atoms with E-state index in [1.54, 1.807) is 6.07 Å². The van der Waals surface area contributed by atoms with Gasteiger partial charge in [-0.15, -0.1) is 0 Å². The summed E-state index contributed by atoms with van der Waals surface area (Å²) in [6.07, 6.45) is 3.05. The molecule has 0 bridgehead atoms. The topological polar surface area (TPSA) is 32.3 Å². The lowest BCUT2D eigenvalue weighted by Crippen LogP contribution is -2.34. The first kappa shape index (κ1) is 12.0. The summed E-state index contributed by atoms with van der Waals surface area (Å²) >= 11 is 3.25. The van der Waals surface area contributed by atoms with E-state index in [2.05, 4.69) is 21.2 Å². The SMILES string of the molecule is O=C1C(Nc2cc(F)cc(Br)c2)CCN1C1CC1. The summed E-state index contributed by atoms with van der Waals surface area (Å²) in [6, 6.07) is 4.86. The van der Waals surface area contributed by atoms with Gasteiger partial charge in [-0.2, -0.15) is 0 Å². The largest absolute Gasteiger partial charge is 0.374 e. The molecular weight excluding hydrogens is 299 g/mol. The van der Waals surface area contributed by atoms with Crippen LogP contribution in [-0.2, 0) is 4.79 Å². The molecule has 2 fully saturated rings. The van der Waals surface area contributed by atoms with Crippen molar-refractivity contribution in [3.8, 4) is 0 Å². The number of amides is 1. The van der Waals surface area contributed by atoms with E-state index in [0.29, 0.717) is 16.2 Å². The fraction of sp³-hybridized carbons (Fsp3) is 0.462. The minimum atomic E-state index is -0.309. The zero-order valence-electron chi connectivity index (χ0n) is 9.83. The predicted molar refractivity (Wildman–Crippen MR) is 70.9 cm³/mol. The van der Waals surface area contributed by atoms with Crippen LogP contribution in [0.15, 0.2) is 22.7 Å². The highest BCUT2D eigenvalue weighted by Crippen LogP contribution is 2.31. The molecule has 1 amide bonds. The zero-order valence-corrected chi connectivity index (χ0v) is 11.4. The first-order chi connectivity index (χ1) is 8.63. The molecule has 2 aliphatic rings. The van der Waals surface area contributed by atoms with Gasteiger partial charge in [-0.1, -0.05) is 15.9 Å². The van der Waals surface area contributed by atoms with E-state index < -0.39 is 0 Å².